The van der Waals surface area contributed by atoms with E-state index in [2.05, 4.69) is 57.2 Å². The maximum Gasteiger partial charge on any atom is 0.226 e. The van der Waals surface area contributed by atoms with E-state index >= 15 is 0 Å². The molecule has 4 aromatic rings. The largest absolute Gasteiger partial charge is 0.393 e. The summed E-state index contributed by atoms with van der Waals surface area (Å²) in [4.78, 5) is 23.3. The third kappa shape index (κ3) is 28.7. The lowest BCUT2D eigenvalue weighted by atomic mass is 10.2. The number of thiocarbonyl (C=S) groups is 6. The quantitative estimate of drug-likeness (QED) is 0.0809. The van der Waals surface area contributed by atoms with Crippen LogP contribution in [-0.4, -0.2) is 69.9 Å². The molecule has 0 aromatic heterocycles. The Labute approximate surface area is 357 Å². The highest BCUT2D eigenvalue weighted by Gasteiger charge is 1.97. The maximum absolute atomic E-state index is 9.73. The summed E-state index contributed by atoms with van der Waals surface area (Å²) in [6, 6.07) is 39.5. The van der Waals surface area contributed by atoms with Crippen LogP contribution < -0.4 is 44.2 Å². The molecule has 2 amide bonds. The van der Waals surface area contributed by atoms with Crippen LogP contribution in [0, 0.1) is 0 Å². The SMILES string of the molecule is CNC(=S)c1ccccc1.CNC(=S)c1ccccc1.CNC(=S)c1ccccc1.CNC(=S)c1ccccc1.NC(=O)CC(N)=O.NC(=S)CC(N)=S.[HH].[HH].[HH].[HH]. The molecule has 16 heteroatoms. The zero-order valence-electron chi connectivity index (χ0n) is 30.5. The smallest absolute Gasteiger partial charge is 0.226 e. The van der Waals surface area contributed by atoms with Crippen LogP contribution in [0.2, 0.25) is 0 Å². The van der Waals surface area contributed by atoms with Gasteiger partial charge >= 0.3 is 0 Å². The van der Waals surface area contributed by atoms with Crippen LogP contribution in [0.3, 0.4) is 0 Å². The van der Waals surface area contributed by atoms with Gasteiger partial charge in [-0.2, -0.15) is 0 Å². The molecule has 0 aliphatic rings. The van der Waals surface area contributed by atoms with Crippen molar-refractivity contribution in [1.82, 2.24) is 21.3 Å². The molecule has 4 rings (SSSR count). The molecule has 0 aliphatic heterocycles. The summed E-state index contributed by atoms with van der Waals surface area (Å²) in [5.74, 6) is -1.37. The molecule has 0 spiro atoms. The number of rotatable bonds is 8. The summed E-state index contributed by atoms with van der Waals surface area (Å²) in [7, 11) is 7.31. The summed E-state index contributed by atoms with van der Waals surface area (Å²) in [5.41, 5.74) is 23.5. The van der Waals surface area contributed by atoms with Gasteiger partial charge in [0.2, 0.25) is 11.8 Å². The number of hydrogen-bond acceptors (Lipinski definition) is 8. The molecule has 0 saturated heterocycles. The lowest BCUT2D eigenvalue weighted by Crippen LogP contribution is -2.21. The minimum absolute atomic E-state index is 0. The highest BCUT2D eigenvalue weighted by molar-refractivity contribution is 7.82. The van der Waals surface area contributed by atoms with Crippen LogP contribution in [0.15, 0.2) is 121 Å². The summed E-state index contributed by atoms with van der Waals surface area (Å²) in [6.45, 7) is 0. The van der Waals surface area contributed by atoms with Crippen molar-refractivity contribution in [1.29, 1.82) is 0 Å². The standard InChI is InChI=1S/4C8H9NS.C3H6N2O2.C3H6N2S2.4H2/c4*1-9-8(10)7-5-3-2-4-6-7;2*4-2(6)1-3(5)7;;;;/h4*2-6H,1H3,(H,9,10);2*1H2,(H2,4,6)(H2,5,7);4*1H. The number of primary amides is 2. The first-order chi connectivity index (χ1) is 25.6. The van der Waals surface area contributed by atoms with Gasteiger partial charge in [-0.15, -0.1) is 0 Å². The first-order valence-corrected chi connectivity index (χ1v) is 18.3. The molecule has 0 aliphatic carbocycles. The number of hydrogen-bond donors (Lipinski definition) is 8. The second-order valence-corrected chi connectivity index (χ2v) is 12.7. The van der Waals surface area contributed by atoms with Crippen molar-refractivity contribution < 1.29 is 15.3 Å². The van der Waals surface area contributed by atoms with Crippen LogP contribution in [0.1, 0.15) is 40.8 Å². The number of amides is 2. The molecule has 0 heterocycles. The predicted molar refractivity (Wildman–Crippen MR) is 258 cm³/mol. The summed E-state index contributed by atoms with van der Waals surface area (Å²) >= 11 is 29.0. The minimum Gasteiger partial charge on any atom is -0.393 e. The molecule has 0 unspecified atom stereocenters. The van der Waals surface area contributed by atoms with Gasteiger partial charge in [-0.05, 0) is 0 Å². The van der Waals surface area contributed by atoms with Crippen molar-refractivity contribution in [2.75, 3.05) is 28.2 Å². The molecular weight excluding hydrogens is 793 g/mol. The molecule has 12 N–H and O–H groups in total. The Morgan fingerprint density at radius 2 is 0.593 bits per heavy atom. The number of nitrogens with two attached hydrogens (primary N) is 4. The minimum atomic E-state index is -0.687. The molecule has 0 fully saturated rings. The lowest BCUT2D eigenvalue weighted by molar-refractivity contribution is -0.125. The maximum atomic E-state index is 9.73. The van der Waals surface area contributed by atoms with Gasteiger partial charge in [-0.25, -0.2) is 0 Å². The molecule has 4 aromatic carbocycles. The van der Waals surface area contributed by atoms with Crippen LogP contribution in [0.5, 0.6) is 0 Å². The Balaban J connectivity index is -0.000000139. The predicted octanol–water partition coefficient (Wildman–Crippen LogP) is 5.61. The van der Waals surface area contributed by atoms with E-state index in [1.165, 1.54) is 0 Å². The highest BCUT2D eigenvalue weighted by atomic mass is 32.1. The van der Waals surface area contributed by atoms with Gasteiger partial charge in [0.05, 0.1) is 9.98 Å². The van der Waals surface area contributed by atoms with Crippen molar-refractivity contribution in [3.63, 3.8) is 0 Å². The fourth-order valence-corrected chi connectivity index (χ4v) is 4.23. The topological polar surface area (TPSA) is 186 Å². The second-order valence-electron chi connectivity index (χ2n) is 10.00. The zero-order valence-corrected chi connectivity index (χ0v) is 35.4. The van der Waals surface area contributed by atoms with E-state index in [0.717, 1.165) is 42.2 Å². The molecule has 0 bridgehead atoms. The van der Waals surface area contributed by atoms with Crippen molar-refractivity contribution in [3.8, 4) is 0 Å². The number of nitrogens with one attached hydrogen (secondary N) is 4. The van der Waals surface area contributed by atoms with E-state index in [4.69, 9.17) is 60.3 Å². The average molecular weight is 849 g/mol. The second kappa shape index (κ2) is 32.8. The summed E-state index contributed by atoms with van der Waals surface area (Å²) in [5, 5.41) is 11.7. The van der Waals surface area contributed by atoms with Gasteiger partial charge in [0.25, 0.3) is 0 Å². The fourth-order valence-electron chi connectivity index (χ4n) is 3.28. The molecule has 10 nitrogen and oxygen atoms in total. The van der Waals surface area contributed by atoms with Gasteiger partial charge in [0.1, 0.15) is 26.4 Å². The molecule has 54 heavy (non-hydrogen) atoms. The number of carbonyl (C=O) groups is 2. The van der Waals surface area contributed by atoms with Gasteiger partial charge < -0.3 is 44.2 Å². The van der Waals surface area contributed by atoms with E-state index in [1.807, 2.05) is 150 Å². The third-order valence-corrected chi connectivity index (χ3v) is 7.80. The van der Waals surface area contributed by atoms with Crippen molar-refractivity contribution in [2.24, 2.45) is 22.9 Å². The van der Waals surface area contributed by atoms with Gasteiger partial charge in [-0.1, -0.05) is 195 Å². The first kappa shape index (κ1) is 51.3. The summed E-state index contributed by atoms with van der Waals surface area (Å²) in [6.07, 6.45) is 0.0185. The lowest BCUT2D eigenvalue weighted by Gasteiger charge is -1.99. The number of carbonyl (C=O) groups excluding carboxylic acids is 2. The molecular formula is C38H56N8O2S6. The Morgan fingerprint density at radius 1 is 0.407 bits per heavy atom. The van der Waals surface area contributed by atoms with Crippen molar-refractivity contribution in [3.05, 3.63) is 144 Å². The van der Waals surface area contributed by atoms with Gasteiger partial charge in [0.15, 0.2) is 0 Å². The molecule has 0 radical (unpaired) electrons. The van der Waals surface area contributed by atoms with Crippen LogP contribution in [0.25, 0.3) is 0 Å². The Morgan fingerprint density at radius 3 is 0.685 bits per heavy atom. The van der Waals surface area contributed by atoms with Gasteiger partial charge in [-0.3, -0.25) is 9.59 Å². The Hall–Kier alpha value is -4.84. The van der Waals surface area contributed by atoms with Crippen LogP contribution in [0.4, 0.5) is 0 Å². The van der Waals surface area contributed by atoms with Gasteiger partial charge in [0, 0.05) is 62.6 Å². The van der Waals surface area contributed by atoms with Crippen LogP contribution in [-0.2, 0) is 9.59 Å². The normalized spacial score (nSPS) is 8.67. The van der Waals surface area contributed by atoms with Crippen LogP contribution >= 0.6 is 73.3 Å². The monoisotopic (exact) mass is 848 g/mol. The molecule has 0 saturated carbocycles. The summed E-state index contributed by atoms with van der Waals surface area (Å²) < 4.78 is 0. The number of benzene rings is 4. The van der Waals surface area contributed by atoms with E-state index in [0.29, 0.717) is 16.4 Å². The molecule has 0 atom stereocenters. The zero-order chi connectivity index (χ0) is 41.3. The molecule has 296 valence electrons. The van der Waals surface area contributed by atoms with E-state index in [-0.39, 0.29) is 12.1 Å². The third-order valence-electron chi connectivity index (χ3n) is 5.75. The Bertz CT molecular complexity index is 1500. The fraction of sp³-hybridized carbons (Fsp3) is 0.158. The van der Waals surface area contributed by atoms with E-state index < -0.39 is 11.8 Å². The van der Waals surface area contributed by atoms with E-state index in [9.17, 15) is 9.59 Å². The first-order valence-electron chi connectivity index (χ1n) is 15.8. The van der Waals surface area contributed by atoms with Crippen molar-refractivity contribution >= 4 is 115 Å². The van der Waals surface area contributed by atoms with E-state index in [1.54, 1.807) is 0 Å². The Kier molecular flexibility index (Phi) is 31.1. The highest BCUT2D eigenvalue weighted by Crippen LogP contribution is 2.00. The van der Waals surface area contributed by atoms with Crippen molar-refractivity contribution in [2.45, 2.75) is 12.8 Å². The average Bonchev–Trinajstić information content (AvgIpc) is 3.18.